The second kappa shape index (κ2) is 5.97. The van der Waals surface area contributed by atoms with E-state index >= 15 is 0 Å². The summed E-state index contributed by atoms with van der Waals surface area (Å²) in [5.74, 6) is 0.975. The lowest BCUT2D eigenvalue weighted by atomic mass is 10.0. The zero-order valence-corrected chi connectivity index (χ0v) is 12.7. The van der Waals surface area contributed by atoms with Crippen molar-refractivity contribution in [2.24, 2.45) is 0 Å². The highest BCUT2D eigenvalue weighted by molar-refractivity contribution is 7.99. The molecule has 1 aromatic carbocycles. The lowest BCUT2D eigenvalue weighted by Gasteiger charge is -2.21. The normalized spacial score (nSPS) is 16.4. The van der Waals surface area contributed by atoms with Crippen molar-refractivity contribution in [3.05, 3.63) is 28.0 Å². The molecule has 1 fully saturated rings. The van der Waals surface area contributed by atoms with Crippen LogP contribution in [-0.4, -0.2) is 15.2 Å². The Labute approximate surface area is 127 Å². The molecule has 1 saturated carbocycles. The van der Waals surface area contributed by atoms with Gasteiger partial charge in [0.15, 0.2) is 0 Å². The largest absolute Gasteiger partial charge is 0.399 e. The second-order valence-corrected chi connectivity index (χ2v) is 6.89. The van der Waals surface area contributed by atoms with E-state index < -0.39 is 0 Å². The van der Waals surface area contributed by atoms with Crippen molar-refractivity contribution in [1.82, 2.24) is 9.97 Å². The fourth-order valence-corrected chi connectivity index (χ4v) is 4.21. The molecule has 1 aliphatic carbocycles. The number of rotatable bonds is 3. The molecule has 2 aromatic rings. The van der Waals surface area contributed by atoms with Crippen LogP contribution in [0.2, 0.25) is 0 Å². The molecule has 1 aliphatic rings. The predicted molar refractivity (Wildman–Crippen MR) is 89.4 cm³/mol. The van der Waals surface area contributed by atoms with Crippen molar-refractivity contribution >= 4 is 34.3 Å². The maximum absolute atomic E-state index is 12.0. The van der Waals surface area contributed by atoms with Gasteiger partial charge in [0.2, 0.25) is 5.95 Å². The zero-order chi connectivity index (χ0) is 14.8. The Bertz CT molecular complexity index is 707. The summed E-state index contributed by atoms with van der Waals surface area (Å²) in [6, 6.07) is 3.57. The van der Waals surface area contributed by atoms with Gasteiger partial charge in [-0.2, -0.15) is 11.8 Å². The zero-order valence-electron chi connectivity index (χ0n) is 11.9. The van der Waals surface area contributed by atoms with Crippen LogP contribution in [0.5, 0.6) is 0 Å². The van der Waals surface area contributed by atoms with Gasteiger partial charge < -0.3 is 11.5 Å². The third-order valence-electron chi connectivity index (χ3n) is 3.96. The van der Waals surface area contributed by atoms with E-state index in [1.165, 1.54) is 32.1 Å². The average molecular weight is 304 g/mol. The number of nitrogen functional groups attached to an aromatic ring is 2. The molecule has 5 nitrogen and oxygen atoms in total. The molecule has 0 bridgehead atoms. The van der Waals surface area contributed by atoms with E-state index in [1.54, 1.807) is 6.07 Å². The highest BCUT2D eigenvalue weighted by atomic mass is 32.2. The molecule has 0 unspecified atom stereocenters. The molecule has 0 amide bonds. The number of aromatic amines is 1. The molecular weight excluding hydrogens is 284 g/mol. The Balaban J connectivity index is 1.91. The van der Waals surface area contributed by atoms with Crippen LogP contribution in [0.25, 0.3) is 10.9 Å². The third kappa shape index (κ3) is 3.15. The molecule has 0 radical (unpaired) electrons. The van der Waals surface area contributed by atoms with Gasteiger partial charge in [-0.05, 0) is 30.5 Å². The van der Waals surface area contributed by atoms with E-state index in [2.05, 4.69) is 9.97 Å². The summed E-state index contributed by atoms with van der Waals surface area (Å²) in [6.45, 7) is 0. The van der Waals surface area contributed by atoms with Gasteiger partial charge in [0.1, 0.15) is 0 Å². The first-order valence-electron chi connectivity index (χ1n) is 7.33. The summed E-state index contributed by atoms with van der Waals surface area (Å²) in [5.41, 5.74) is 13.6. The third-order valence-corrected chi connectivity index (χ3v) is 5.38. The van der Waals surface area contributed by atoms with Gasteiger partial charge >= 0.3 is 0 Å². The Morgan fingerprint density at radius 1 is 1.24 bits per heavy atom. The number of aromatic nitrogens is 2. The number of nitrogens with zero attached hydrogens (tertiary/aromatic N) is 1. The van der Waals surface area contributed by atoms with E-state index in [9.17, 15) is 4.79 Å². The number of hydrogen-bond acceptors (Lipinski definition) is 5. The molecule has 0 atom stereocenters. The summed E-state index contributed by atoms with van der Waals surface area (Å²) in [7, 11) is 0. The topological polar surface area (TPSA) is 97.8 Å². The second-order valence-electron chi connectivity index (χ2n) is 5.60. The minimum atomic E-state index is -0.228. The summed E-state index contributed by atoms with van der Waals surface area (Å²) in [4.78, 5) is 18.8. The first-order chi connectivity index (χ1) is 10.1. The van der Waals surface area contributed by atoms with Crippen LogP contribution in [0.3, 0.4) is 0 Å². The van der Waals surface area contributed by atoms with Crippen LogP contribution in [-0.2, 0) is 5.75 Å². The summed E-state index contributed by atoms with van der Waals surface area (Å²) in [5, 5.41) is 1.22. The van der Waals surface area contributed by atoms with Crippen LogP contribution >= 0.6 is 11.8 Å². The predicted octanol–water partition coefficient (Wildman–Crippen LogP) is 2.65. The van der Waals surface area contributed by atoms with E-state index in [1.807, 2.05) is 17.8 Å². The molecule has 1 heterocycles. The fraction of sp³-hybridized carbons (Fsp3) is 0.467. The van der Waals surface area contributed by atoms with Crippen LogP contribution in [0.4, 0.5) is 11.6 Å². The minimum Gasteiger partial charge on any atom is -0.399 e. The first kappa shape index (κ1) is 14.3. The highest BCUT2D eigenvalue weighted by Gasteiger charge is 2.15. The molecule has 5 N–H and O–H groups in total. The quantitative estimate of drug-likeness (QED) is 0.757. The molecule has 112 valence electrons. The standard InChI is InChI=1S/C15H20N4OS/c16-10-6-9(8-21-11-4-2-1-3-5-11)13-12(7-10)14(20)19-15(17)18-13/h6-7,11H,1-5,8,16H2,(H3,17,18,19,20). The van der Waals surface area contributed by atoms with Gasteiger partial charge in [-0.1, -0.05) is 19.3 Å². The number of benzene rings is 1. The molecule has 0 spiro atoms. The number of nitrogens with two attached hydrogens (primary N) is 2. The molecule has 6 heteroatoms. The Morgan fingerprint density at radius 2 is 2.00 bits per heavy atom. The van der Waals surface area contributed by atoms with E-state index in [0.29, 0.717) is 21.8 Å². The van der Waals surface area contributed by atoms with E-state index in [4.69, 9.17) is 11.5 Å². The first-order valence-corrected chi connectivity index (χ1v) is 8.38. The number of H-pyrrole nitrogens is 1. The summed E-state index contributed by atoms with van der Waals surface area (Å²) >= 11 is 1.94. The van der Waals surface area contributed by atoms with E-state index in [-0.39, 0.29) is 11.5 Å². The van der Waals surface area contributed by atoms with Crippen molar-refractivity contribution in [2.75, 3.05) is 11.5 Å². The fourth-order valence-electron chi connectivity index (χ4n) is 2.91. The molecule has 0 aliphatic heterocycles. The number of anilines is 2. The SMILES string of the molecule is Nc1cc(CSC2CCCCC2)c2nc(N)[nH]c(=O)c2c1. The minimum absolute atomic E-state index is 0.154. The maximum atomic E-state index is 12.0. The number of fused-ring (bicyclic) bond motifs is 1. The van der Waals surface area contributed by atoms with Crippen molar-refractivity contribution in [2.45, 2.75) is 43.1 Å². The lowest BCUT2D eigenvalue weighted by molar-refractivity contribution is 0.516. The number of hydrogen-bond donors (Lipinski definition) is 3. The molecule has 3 rings (SSSR count). The maximum Gasteiger partial charge on any atom is 0.260 e. The van der Waals surface area contributed by atoms with Crippen LogP contribution in [0.1, 0.15) is 37.7 Å². The van der Waals surface area contributed by atoms with Crippen molar-refractivity contribution in [3.8, 4) is 0 Å². The van der Waals surface area contributed by atoms with Crippen LogP contribution in [0.15, 0.2) is 16.9 Å². The average Bonchev–Trinajstić information content (AvgIpc) is 2.47. The van der Waals surface area contributed by atoms with Gasteiger partial charge in [-0.15, -0.1) is 0 Å². The van der Waals surface area contributed by atoms with Gasteiger partial charge in [0.05, 0.1) is 10.9 Å². The van der Waals surface area contributed by atoms with Crippen molar-refractivity contribution in [3.63, 3.8) is 0 Å². The van der Waals surface area contributed by atoms with Crippen LogP contribution in [0, 0.1) is 0 Å². The molecule has 21 heavy (non-hydrogen) atoms. The van der Waals surface area contributed by atoms with Gasteiger partial charge in [-0.3, -0.25) is 9.78 Å². The van der Waals surface area contributed by atoms with Gasteiger partial charge in [-0.25, -0.2) is 4.98 Å². The number of thioether (sulfide) groups is 1. The van der Waals surface area contributed by atoms with Crippen molar-refractivity contribution < 1.29 is 0 Å². The molecule has 0 saturated heterocycles. The van der Waals surface area contributed by atoms with Crippen molar-refractivity contribution in [1.29, 1.82) is 0 Å². The van der Waals surface area contributed by atoms with Crippen LogP contribution < -0.4 is 17.0 Å². The Kier molecular flexibility index (Phi) is 4.05. The summed E-state index contributed by atoms with van der Waals surface area (Å²) < 4.78 is 0. The van der Waals surface area contributed by atoms with E-state index in [0.717, 1.165) is 11.3 Å². The summed E-state index contributed by atoms with van der Waals surface area (Å²) in [6.07, 6.45) is 6.55. The smallest absolute Gasteiger partial charge is 0.260 e. The lowest BCUT2D eigenvalue weighted by Crippen LogP contribution is -2.13. The van der Waals surface area contributed by atoms with Gasteiger partial charge in [0, 0.05) is 16.7 Å². The highest BCUT2D eigenvalue weighted by Crippen LogP contribution is 2.32. The monoisotopic (exact) mass is 304 g/mol. The Morgan fingerprint density at radius 3 is 2.76 bits per heavy atom. The van der Waals surface area contributed by atoms with Gasteiger partial charge in [0.25, 0.3) is 5.56 Å². The Hall–Kier alpha value is -1.69. The molecular formula is C15H20N4OS. The number of nitrogens with one attached hydrogen (secondary N) is 1. The molecule has 1 aromatic heterocycles.